The standard InChI is InChI=1S/C21H23N5O2/c1-14-10-23-26(11-14)13-19(27)25-8-4-6-16(12-25)20-17(21(22)28)9-15-5-2-3-7-18(15)24-20/h2-3,5,7,9-11,16H,4,6,8,12-13H2,1H3,(H2,22,28). The van der Waals surface area contributed by atoms with Crippen molar-refractivity contribution in [1.29, 1.82) is 0 Å². The van der Waals surface area contributed by atoms with Crippen LogP contribution in [0.1, 0.15) is 40.4 Å². The lowest BCUT2D eigenvalue weighted by Crippen LogP contribution is -2.41. The van der Waals surface area contributed by atoms with Crippen LogP contribution in [0.5, 0.6) is 0 Å². The summed E-state index contributed by atoms with van der Waals surface area (Å²) in [4.78, 5) is 31.4. The molecule has 3 aromatic rings. The fourth-order valence-electron chi connectivity index (χ4n) is 3.86. The van der Waals surface area contributed by atoms with E-state index in [9.17, 15) is 9.59 Å². The smallest absolute Gasteiger partial charge is 0.250 e. The Morgan fingerprint density at radius 1 is 1.29 bits per heavy atom. The molecule has 2 amide bonds. The van der Waals surface area contributed by atoms with Crippen molar-refractivity contribution in [3.63, 3.8) is 0 Å². The minimum absolute atomic E-state index is 0.0100. The first-order valence-corrected chi connectivity index (χ1v) is 9.47. The number of likely N-dealkylation sites (tertiary alicyclic amines) is 1. The van der Waals surface area contributed by atoms with Crippen molar-refractivity contribution in [2.75, 3.05) is 13.1 Å². The summed E-state index contributed by atoms with van der Waals surface area (Å²) in [5, 5.41) is 5.08. The van der Waals surface area contributed by atoms with Crippen LogP contribution in [-0.2, 0) is 11.3 Å². The molecule has 4 rings (SSSR count). The molecule has 7 heteroatoms. The number of primary amides is 1. The van der Waals surface area contributed by atoms with Gasteiger partial charge >= 0.3 is 0 Å². The number of hydrogen-bond donors (Lipinski definition) is 1. The van der Waals surface area contributed by atoms with Gasteiger partial charge in [-0.2, -0.15) is 5.10 Å². The largest absolute Gasteiger partial charge is 0.366 e. The van der Waals surface area contributed by atoms with Crippen LogP contribution in [0.2, 0.25) is 0 Å². The number of fused-ring (bicyclic) bond motifs is 1. The number of piperidine rings is 1. The van der Waals surface area contributed by atoms with Gasteiger partial charge in [0.15, 0.2) is 0 Å². The van der Waals surface area contributed by atoms with Gasteiger partial charge in [0, 0.05) is 30.6 Å². The molecule has 3 heterocycles. The first-order chi connectivity index (χ1) is 13.5. The number of benzene rings is 1. The van der Waals surface area contributed by atoms with E-state index >= 15 is 0 Å². The number of nitrogens with two attached hydrogens (primary N) is 1. The number of carbonyl (C=O) groups is 2. The Hall–Kier alpha value is -3.22. The highest BCUT2D eigenvalue weighted by Gasteiger charge is 2.28. The van der Waals surface area contributed by atoms with Gasteiger partial charge in [-0.15, -0.1) is 0 Å². The summed E-state index contributed by atoms with van der Waals surface area (Å²) in [7, 11) is 0. The van der Waals surface area contributed by atoms with Crippen molar-refractivity contribution < 1.29 is 9.59 Å². The third-order valence-corrected chi connectivity index (χ3v) is 5.24. The number of pyridine rings is 1. The van der Waals surface area contributed by atoms with Gasteiger partial charge < -0.3 is 10.6 Å². The number of rotatable bonds is 4. The van der Waals surface area contributed by atoms with E-state index in [4.69, 9.17) is 10.7 Å². The summed E-state index contributed by atoms with van der Waals surface area (Å²) in [6.07, 6.45) is 5.33. The number of carbonyl (C=O) groups excluding carboxylic acids is 2. The summed E-state index contributed by atoms with van der Waals surface area (Å²) in [5.41, 5.74) is 8.63. The second-order valence-electron chi connectivity index (χ2n) is 7.37. The van der Waals surface area contributed by atoms with Gasteiger partial charge in [0.2, 0.25) is 5.91 Å². The second kappa shape index (κ2) is 7.42. The van der Waals surface area contributed by atoms with Gasteiger partial charge in [-0.25, -0.2) is 0 Å². The van der Waals surface area contributed by atoms with Gasteiger partial charge in [0.25, 0.3) is 5.91 Å². The maximum atomic E-state index is 12.7. The Bertz CT molecular complexity index is 1040. The predicted octanol–water partition coefficient (Wildman–Crippen LogP) is 2.24. The van der Waals surface area contributed by atoms with Crippen LogP contribution in [0, 0.1) is 6.92 Å². The Labute approximate surface area is 163 Å². The van der Waals surface area contributed by atoms with Crippen LogP contribution in [0.3, 0.4) is 0 Å². The van der Waals surface area contributed by atoms with Crippen molar-refractivity contribution in [2.24, 2.45) is 5.73 Å². The van der Waals surface area contributed by atoms with Crippen LogP contribution in [0.25, 0.3) is 10.9 Å². The third kappa shape index (κ3) is 3.60. The van der Waals surface area contributed by atoms with Gasteiger partial charge in [-0.3, -0.25) is 19.3 Å². The summed E-state index contributed by atoms with van der Waals surface area (Å²) >= 11 is 0. The molecule has 144 valence electrons. The summed E-state index contributed by atoms with van der Waals surface area (Å²) in [6, 6.07) is 9.49. The normalized spacial score (nSPS) is 17.0. The number of nitrogens with zero attached hydrogens (tertiary/aromatic N) is 4. The highest BCUT2D eigenvalue weighted by atomic mass is 16.2. The van der Waals surface area contributed by atoms with Crippen molar-refractivity contribution >= 4 is 22.7 Å². The van der Waals surface area contributed by atoms with Gasteiger partial charge in [-0.1, -0.05) is 18.2 Å². The Morgan fingerprint density at radius 2 is 2.11 bits per heavy atom. The molecular formula is C21H23N5O2. The Kier molecular flexibility index (Phi) is 4.81. The van der Waals surface area contributed by atoms with Gasteiger partial charge in [-0.05, 0) is 37.5 Å². The molecule has 1 unspecified atom stereocenters. The van der Waals surface area contributed by atoms with E-state index in [0.29, 0.717) is 24.3 Å². The molecule has 0 saturated carbocycles. The quantitative estimate of drug-likeness (QED) is 0.754. The lowest BCUT2D eigenvalue weighted by Gasteiger charge is -2.33. The van der Waals surface area contributed by atoms with E-state index < -0.39 is 5.91 Å². The van der Waals surface area contributed by atoms with E-state index in [1.54, 1.807) is 10.9 Å². The van der Waals surface area contributed by atoms with E-state index in [2.05, 4.69) is 5.10 Å². The summed E-state index contributed by atoms with van der Waals surface area (Å²) < 4.78 is 1.66. The molecular weight excluding hydrogens is 354 g/mol. The molecule has 0 aliphatic carbocycles. The molecule has 0 radical (unpaired) electrons. The maximum Gasteiger partial charge on any atom is 0.250 e. The zero-order valence-corrected chi connectivity index (χ0v) is 15.8. The summed E-state index contributed by atoms with van der Waals surface area (Å²) in [5.74, 6) is -0.470. The molecule has 1 fully saturated rings. The van der Waals surface area contributed by atoms with Gasteiger partial charge in [0.05, 0.1) is 23.0 Å². The number of aromatic nitrogens is 3. The zero-order chi connectivity index (χ0) is 19.7. The molecule has 7 nitrogen and oxygen atoms in total. The molecule has 1 atom stereocenters. The molecule has 0 spiro atoms. The highest BCUT2D eigenvalue weighted by Crippen LogP contribution is 2.30. The predicted molar refractivity (Wildman–Crippen MR) is 106 cm³/mol. The topological polar surface area (TPSA) is 94.1 Å². The molecule has 2 N–H and O–H groups in total. The average Bonchev–Trinajstić information content (AvgIpc) is 3.11. The molecule has 2 aromatic heterocycles. The Balaban J connectivity index is 1.59. The number of hydrogen-bond acceptors (Lipinski definition) is 4. The lowest BCUT2D eigenvalue weighted by molar-refractivity contribution is -0.133. The maximum absolute atomic E-state index is 12.7. The monoisotopic (exact) mass is 377 g/mol. The molecule has 1 aliphatic rings. The first-order valence-electron chi connectivity index (χ1n) is 9.47. The molecule has 0 bridgehead atoms. The number of para-hydroxylation sites is 1. The third-order valence-electron chi connectivity index (χ3n) is 5.24. The van der Waals surface area contributed by atoms with Crippen molar-refractivity contribution in [3.05, 3.63) is 59.5 Å². The fraction of sp³-hybridized carbons (Fsp3) is 0.333. The van der Waals surface area contributed by atoms with Crippen LogP contribution < -0.4 is 5.73 Å². The van der Waals surface area contributed by atoms with E-state index in [0.717, 1.165) is 29.3 Å². The molecule has 1 saturated heterocycles. The fourth-order valence-corrected chi connectivity index (χ4v) is 3.86. The highest BCUT2D eigenvalue weighted by molar-refractivity contribution is 5.97. The zero-order valence-electron chi connectivity index (χ0n) is 15.8. The van der Waals surface area contributed by atoms with E-state index in [1.807, 2.05) is 48.4 Å². The van der Waals surface area contributed by atoms with Crippen LogP contribution in [-0.4, -0.2) is 44.6 Å². The average molecular weight is 377 g/mol. The Morgan fingerprint density at radius 3 is 2.86 bits per heavy atom. The first kappa shape index (κ1) is 18.2. The van der Waals surface area contributed by atoms with Crippen LogP contribution in [0.4, 0.5) is 0 Å². The van der Waals surface area contributed by atoms with Crippen LogP contribution in [0.15, 0.2) is 42.7 Å². The van der Waals surface area contributed by atoms with Crippen molar-refractivity contribution in [3.8, 4) is 0 Å². The molecule has 28 heavy (non-hydrogen) atoms. The summed E-state index contributed by atoms with van der Waals surface area (Å²) in [6.45, 7) is 3.40. The lowest BCUT2D eigenvalue weighted by atomic mass is 9.90. The van der Waals surface area contributed by atoms with Crippen LogP contribution >= 0.6 is 0 Å². The van der Waals surface area contributed by atoms with E-state index in [1.165, 1.54) is 0 Å². The minimum atomic E-state index is -0.483. The molecule has 1 aromatic carbocycles. The second-order valence-corrected chi connectivity index (χ2v) is 7.37. The number of amides is 2. The number of aryl methyl sites for hydroxylation is 1. The minimum Gasteiger partial charge on any atom is -0.366 e. The van der Waals surface area contributed by atoms with Crippen molar-refractivity contribution in [2.45, 2.75) is 32.2 Å². The van der Waals surface area contributed by atoms with Crippen molar-refractivity contribution in [1.82, 2.24) is 19.7 Å². The van der Waals surface area contributed by atoms with Gasteiger partial charge in [0.1, 0.15) is 6.54 Å². The van der Waals surface area contributed by atoms with E-state index in [-0.39, 0.29) is 18.4 Å². The SMILES string of the molecule is Cc1cnn(CC(=O)N2CCCC(c3nc4ccccc4cc3C(N)=O)C2)c1. The molecule has 1 aliphatic heterocycles.